The minimum atomic E-state index is -2.27. The average Bonchev–Trinajstić information content (AvgIpc) is 2.81. The van der Waals surface area contributed by atoms with Crippen LogP contribution in [-0.4, -0.2) is 79.0 Å². The lowest BCUT2D eigenvalue weighted by atomic mass is 9.94. The molecule has 0 bridgehead atoms. The SMILES string of the molecule is CCCC(=O)N[C@@H](CO)[C@@H](O)Cc1cnc(C(O)(NC(=O)CCC)[C@@H](NC(=O)CCC)[C@H](C)O)cn1. The largest absolute Gasteiger partial charge is 0.394 e. The predicted molar refractivity (Wildman–Crippen MR) is 131 cm³/mol. The lowest BCUT2D eigenvalue weighted by molar-refractivity contribution is -0.141. The topological polar surface area (TPSA) is 194 Å². The maximum atomic E-state index is 12.4. The Balaban J connectivity index is 3.20. The zero-order valence-corrected chi connectivity index (χ0v) is 21.5. The van der Waals surface area contributed by atoms with Gasteiger partial charge < -0.3 is 36.4 Å². The van der Waals surface area contributed by atoms with Crippen molar-refractivity contribution in [1.82, 2.24) is 25.9 Å². The minimum absolute atomic E-state index is 0.0569. The summed E-state index contributed by atoms with van der Waals surface area (Å²) in [6.07, 6.45) is 2.17. The van der Waals surface area contributed by atoms with Crippen LogP contribution in [0.2, 0.25) is 0 Å². The molecule has 0 saturated heterocycles. The van der Waals surface area contributed by atoms with E-state index >= 15 is 0 Å². The van der Waals surface area contributed by atoms with Gasteiger partial charge in [0.1, 0.15) is 11.7 Å². The first-order chi connectivity index (χ1) is 17.0. The van der Waals surface area contributed by atoms with Crippen LogP contribution in [0.5, 0.6) is 0 Å². The molecule has 0 saturated carbocycles. The van der Waals surface area contributed by atoms with Gasteiger partial charge in [-0.05, 0) is 26.2 Å². The quantitative estimate of drug-likeness (QED) is 0.142. The van der Waals surface area contributed by atoms with Crippen LogP contribution in [-0.2, 0) is 26.5 Å². The number of aromatic nitrogens is 2. The first kappa shape index (κ1) is 31.4. The molecule has 12 nitrogen and oxygen atoms in total. The zero-order chi connectivity index (χ0) is 27.3. The molecule has 1 heterocycles. The highest BCUT2D eigenvalue weighted by molar-refractivity contribution is 5.78. The highest BCUT2D eigenvalue weighted by Crippen LogP contribution is 2.24. The standard InChI is InChI=1S/C24H41N5O7/c1-5-8-20(33)27-17(14-30)18(32)11-16-12-26-19(13-25-16)24(36,29-22(35)10-7-3)23(15(4)31)28-21(34)9-6-2/h12-13,15,17-18,23,30-32,36H,5-11,14H2,1-4H3,(H,27,33)(H,28,34)(H,29,35)/t15-,17-,18-,23-,24?/m0/s1. The number of carbonyl (C=O) groups excluding carboxylic acids is 3. The second-order valence-corrected chi connectivity index (χ2v) is 8.87. The summed E-state index contributed by atoms with van der Waals surface area (Å²) in [5.74, 6) is -1.22. The van der Waals surface area contributed by atoms with Crippen LogP contribution in [0.4, 0.5) is 0 Å². The van der Waals surface area contributed by atoms with Crippen molar-refractivity contribution in [3.8, 4) is 0 Å². The summed E-state index contributed by atoms with van der Waals surface area (Å²) >= 11 is 0. The first-order valence-corrected chi connectivity index (χ1v) is 12.4. The van der Waals surface area contributed by atoms with Crippen molar-refractivity contribution in [2.75, 3.05) is 6.61 Å². The molecule has 1 aromatic rings. The van der Waals surface area contributed by atoms with E-state index in [1.807, 2.05) is 6.92 Å². The van der Waals surface area contributed by atoms with E-state index in [-0.39, 0.29) is 37.3 Å². The molecule has 1 rings (SSSR count). The molecule has 5 atom stereocenters. The fraction of sp³-hybridized carbons (Fsp3) is 0.708. The van der Waals surface area contributed by atoms with E-state index in [0.29, 0.717) is 25.0 Å². The van der Waals surface area contributed by atoms with Gasteiger partial charge in [-0.15, -0.1) is 0 Å². The summed E-state index contributed by atoms with van der Waals surface area (Å²) in [6.45, 7) is 6.33. The number of aliphatic hydroxyl groups excluding tert-OH is 3. The first-order valence-electron chi connectivity index (χ1n) is 12.4. The summed E-state index contributed by atoms with van der Waals surface area (Å²) in [5, 5.41) is 49.5. The van der Waals surface area contributed by atoms with E-state index in [1.165, 1.54) is 19.3 Å². The van der Waals surface area contributed by atoms with E-state index < -0.39 is 48.4 Å². The van der Waals surface area contributed by atoms with Crippen molar-refractivity contribution in [3.05, 3.63) is 23.8 Å². The number of hydrogen-bond acceptors (Lipinski definition) is 9. The van der Waals surface area contributed by atoms with Crippen molar-refractivity contribution in [3.63, 3.8) is 0 Å². The molecule has 1 unspecified atom stereocenters. The molecule has 36 heavy (non-hydrogen) atoms. The lowest BCUT2D eigenvalue weighted by Crippen LogP contribution is -2.64. The van der Waals surface area contributed by atoms with Gasteiger partial charge >= 0.3 is 0 Å². The highest BCUT2D eigenvalue weighted by atomic mass is 16.3. The molecule has 204 valence electrons. The molecule has 7 N–H and O–H groups in total. The normalized spacial score (nSPS) is 16.2. The van der Waals surface area contributed by atoms with Gasteiger partial charge in [0.25, 0.3) is 0 Å². The zero-order valence-electron chi connectivity index (χ0n) is 21.5. The van der Waals surface area contributed by atoms with Crippen LogP contribution in [0.1, 0.15) is 77.6 Å². The number of rotatable bonds is 16. The Labute approximate surface area is 211 Å². The number of amides is 3. The molecule has 0 spiro atoms. The summed E-state index contributed by atoms with van der Waals surface area (Å²) < 4.78 is 0. The van der Waals surface area contributed by atoms with Crippen molar-refractivity contribution < 1.29 is 34.8 Å². The summed E-state index contributed by atoms with van der Waals surface area (Å²) in [7, 11) is 0. The number of hydrogen-bond donors (Lipinski definition) is 7. The van der Waals surface area contributed by atoms with Crippen LogP contribution in [0.15, 0.2) is 12.4 Å². The molecule has 0 aliphatic carbocycles. The van der Waals surface area contributed by atoms with Crippen molar-refractivity contribution >= 4 is 17.7 Å². The summed E-state index contributed by atoms with van der Waals surface area (Å²) in [6, 6.07) is -2.22. The van der Waals surface area contributed by atoms with Gasteiger partial charge in [-0.25, -0.2) is 0 Å². The second kappa shape index (κ2) is 15.4. The van der Waals surface area contributed by atoms with Crippen molar-refractivity contribution in [2.24, 2.45) is 0 Å². The van der Waals surface area contributed by atoms with Crippen molar-refractivity contribution in [1.29, 1.82) is 0 Å². The summed E-state index contributed by atoms with van der Waals surface area (Å²) in [5.41, 5.74) is -2.10. The number of aliphatic hydroxyl groups is 4. The Hall–Kier alpha value is -2.67. The molecule has 0 fully saturated rings. The summed E-state index contributed by atoms with van der Waals surface area (Å²) in [4.78, 5) is 44.9. The molecule has 0 aliphatic heterocycles. The predicted octanol–water partition coefficient (Wildman–Crippen LogP) is -0.616. The van der Waals surface area contributed by atoms with E-state index in [9.17, 15) is 34.8 Å². The van der Waals surface area contributed by atoms with E-state index in [1.54, 1.807) is 13.8 Å². The van der Waals surface area contributed by atoms with Gasteiger partial charge in [0.2, 0.25) is 23.4 Å². The van der Waals surface area contributed by atoms with Crippen LogP contribution in [0.25, 0.3) is 0 Å². The third kappa shape index (κ3) is 9.41. The van der Waals surface area contributed by atoms with Crippen molar-refractivity contribution in [2.45, 2.75) is 103 Å². The molecular weight excluding hydrogens is 470 g/mol. The second-order valence-electron chi connectivity index (χ2n) is 8.87. The van der Waals surface area contributed by atoms with Gasteiger partial charge in [-0.3, -0.25) is 24.4 Å². The lowest BCUT2D eigenvalue weighted by Gasteiger charge is -2.38. The van der Waals surface area contributed by atoms with Crippen LogP contribution < -0.4 is 16.0 Å². The highest BCUT2D eigenvalue weighted by Gasteiger charge is 2.45. The van der Waals surface area contributed by atoms with Gasteiger partial charge in [-0.1, -0.05) is 20.8 Å². The molecule has 3 amide bonds. The van der Waals surface area contributed by atoms with Gasteiger partial charge in [0.15, 0.2) is 0 Å². The van der Waals surface area contributed by atoms with Gasteiger partial charge in [-0.2, -0.15) is 0 Å². The molecule has 1 aromatic heterocycles. The molecule has 12 heteroatoms. The Kier molecular flexibility index (Phi) is 13.5. The van der Waals surface area contributed by atoms with Crippen LogP contribution in [0.3, 0.4) is 0 Å². The average molecular weight is 512 g/mol. The van der Waals surface area contributed by atoms with Crippen LogP contribution >= 0.6 is 0 Å². The molecule has 0 aliphatic rings. The Morgan fingerprint density at radius 1 is 0.917 bits per heavy atom. The Morgan fingerprint density at radius 3 is 1.94 bits per heavy atom. The number of nitrogens with one attached hydrogen (secondary N) is 3. The van der Waals surface area contributed by atoms with E-state index in [4.69, 9.17) is 0 Å². The monoisotopic (exact) mass is 511 g/mol. The fourth-order valence-corrected chi connectivity index (χ4v) is 3.63. The molecule has 0 aromatic carbocycles. The molecule has 0 radical (unpaired) electrons. The maximum Gasteiger partial charge on any atom is 0.222 e. The Morgan fingerprint density at radius 2 is 1.47 bits per heavy atom. The minimum Gasteiger partial charge on any atom is -0.394 e. The Bertz CT molecular complexity index is 837. The van der Waals surface area contributed by atoms with Crippen LogP contribution in [0, 0.1) is 0 Å². The molecular formula is C24H41N5O7. The third-order valence-corrected chi connectivity index (χ3v) is 5.53. The number of carbonyl (C=O) groups is 3. The van der Waals surface area contributed by atoms with Gasteiger partial charge in [0, 0.05) is 31.9 Å². The van der Waals surface area contributed by atoms with Gasteiger partial charge in [0.05, 0.1) is 36.7 Å². The van der Waals surface area contributed by atoms with E-state index in [0.717, 1.165) is 0 Å². The van der Waals surface area contributed by atoms with E-state index in [2.05, 4.69) is 25.9 Å². The maximum absolute atomic E-state index is 12.4. The number of nitrogens with zero attached hydrogens (tertiary/aromatic N) is 2. The third-order valence-electron chi connectivity index (χ3n) is 5.53. The smallest absolute Gasteiger partial charge is 0.222 e. The fourth-order valence-electron chi connectivity index (χ4n) is 3.63.